The number of carbonyl (C=O) groups is 1. The Balaban J connectivity index is 1.41. The third kappa shape index (κ3) is 5.06. The summed E-state index contributed by atoms with van der Waals surface area (Å²) in [5, 5.41) is 4.52. The van der Waals surface area contributed by atoms with Gasteiger partial charge in [0.15, 0.2) is 0 Å². The number of hydrogen-bond acceptors (Lipinski definition) is 5. The number of anilines is 1. The monoisotopic (exact) mass is 431 g/mol. The van der Waals surface area contributed by atoms with Gasteiger partial charge in [-0.1, -0.05) is 24.3 Å². The number of carbonyl (C=O) groups excluding carboxylic acids is 1. The van der Waals surface area contributed by atoms with Crippen molar-refractivity contribution in [3.05, 3.63) is 95.6 Å². The summed E-state index contributed by atoms with van der Waals surface area (Å²) < 4.78 is 1.89. The average Bonchev–Trinajstić information content (AvgIpc) is 3.48. The van der Waals surface area contributed by atoms with Gasteiger partial charge in [-0.15, -0.1) is 12.6 Å². The number of nitrogens with one attached hydrogen (secondary N) is 1. The van der Waals surface area contributed by atoms with E-state index in [-0.39, 0.29) is 11.9 Å². The lowest BCUT2D eigenvalue weighted by atomic mass is 10.1. The molecule has 4 rings (SSSR count). The predicted molar refractivity (Wildman–Crippen MR) is 128 cm³/mol. The molecule has 0 aliphatic carbocycles. The van der Waals surface area contributed by atoms with Crippen LogP contribution in [0.15, 0.2) is 89.3 Å². The van der Waals surface area contributed by atoms with Crippen molar-refractivity contribution in [3.8, 4) is 0 Å². The van der Waals surface area contributed by atoms with Crippen LogP contribution in [0, 0.1) is 0 Å². The second-order valence-corrected chi connectivity index (χ2v) is 7.61. The van der Waals surface area contributed by atoms with E-state index in [1.165, 1.54) is 12.0 Å². The topological polar surface area (TPSA) is 62.5 Å². The quantitative estimate of drug-likeness (QED) is 0.336. The highest BCUT2D eigenvalue weighted by molar-refractivity contribution is 7.83. The van der Waals surface area contributed by atoms with Gasteiger partial charge in [-0.05, 0) is 54.1 Å². The first-order chi connectivity index (χ1) is 15.3. The second kappa shape index (κ2) is 10.1. The summed E-state index contributed by atoms with van der Waals surface area (Å²) in [4.78, 5) is 23.7. The molecule has 7 heteroatoms. The van der Waals surface area contributed by atoms with Gasteiger partial charge in [0.1, 0.15) is 5.69 Å². The molecule has 158 valence electrons. The first-order valence-electron chi connectivity index (χ1n) is 10.3. The van der Waals surface area contributed by atoms with E-state index in [0.717, 1.165) is 30.6 Å². The number of hydrogen-bond donors (Lipinski definition) is 2. The molecule has 3 aromatic rings. The molecule has 0 spiro atoms. The Bertz CT molecular complexity index is 1060. The van der Waals surface area contributed by atoms with Gasteiger partial charge in [0.05, 0.1) is 18.1 Å². The predicted octanol–water partition coefficient (Wildman–Crippen LogP) is 4.13. The largest absolute Gasteiger partial charge is 0.363 e. The molecule has 6 nitrogen and oxygen atoms in total. The number of nitrogens with zero attached hydrogens (tertiary/aromatic N) is 4. The third-order valence-corrected chi connectivity index (χ3v) is 5.63. The molecule has 1 saturated heterocycles. The Kier molecular flexibility index (Phi) is 6.84. The van der Waals surface area contributed by atoms with Crippen LogP contribution < -0.4 is 10.2 Å². The number of rotatable bonds is 7. The van der Waals surface area contributed by atoms with Crippen LogP contribution >= 0.6 is 12.6 Å². The van der Waals surface area contributed by atoms with Crippen molar-refractivity contribution >= 4 is 30.6 Å². The minimum absolute atomic E-state index is 0.141. The minimum Gasteiger partial charge on any atom is -0.363 e. The molecule has 1 atom stereocenters. The molecule has 2 aromatic heterocycles. The molecule has 31 heavy (non-hydrogen) atoms. The highest BCUT2D eigenvalue weighted by Gasteiger charge is 2.27. The van der Waals surface area contributed by atoms with Gasteiger partial charge < -0.3 is 14.8 Å². The van der Waals surface area contributed by atoms with E-state index in [4.69, 9.17) is 0 Å². The number of para-hydroxylation sites is 1. The number of benzene rings is 1. The maximum absolute atomic E-state index is 12.7. The van der Waals surface area contributed by atoms with E-state index < -0.39 is 0 Å². The van der Waals surface area contributed by atoms with Crippen molar-refractivity contribution in [2.45, 2.75) is 25.4 Å². The molecule has 1 fully saturated rings. The molecular weight excluding hydrogens is 406 g/mol. The minimum atomic E-state index is -0.206. The first kappa shape index (κ1) is 20.9. The van der Waals surface area contributed by atoms with Gasteiger partial charge in [0, 0.05) is 37.4 Å². The first-order valence-corrected chi connectivity index (χ1v) is 10.8. The Morgan fingerprint density at radius 2 is 2.06 bits per heavy atom. The van der Waals surface area contributed by atoms with Gasteiger partial charge in [-0.2, -0.15) is 0 Å². The highest BCUT2D eigenvalue weighted by Crippen LogP contribution is 2.30. The van der Waals surface area contributed by atoms with E-state index in [9.17, 15) is 4.79 Å². The molecule has 0 bridgehead atoms. The van der Waals surface area contributed by atoms with E-state index >= 15 is 0 Å². The number of aliphatic imine (C=N–C) groups is 1. The summed E-state index contributed by atoms with van der Waals surface area (Å²) in [7, 11) is 0. The zero-order valence-corrected chi connectivity index (χ0v) is 18.0. The normalized spacial score (nSPS) is 16.7. The fourth-order valence-corrected chi connectivity index (χ4v) is 4.13. The van der Waals surface area contributed by atoms with Crippen LogP contribution in [0.4, 0.5) is 5.69 Å². The average molecular weight is 432 g/mol. The Labute approximate surface area is 187 Å². The Morgan fingerprint density at radius 3 is 2.84 bits per heavy atom. The van der Waals surface area contributed by atoms with Crippen LogP contribution in [-0.2, 0) is 6.54 Å². The molecular formula is C24H25N5OS. The maximum atomic E-state index is 12.7. The molecule has 1 N–H and O–H groups in total. The van der Waals surface area contributed by atoms with Gasteiger partial charge in [-0.3, -0.25) is 9.78 Å². The molecule has 1 amide bonds. The molecule has 1 aromatic carbocycles. The van der Waals surface area contributed by atoms with Crippen LogP contribution in [0.2, 0.25) is 0 Å². The van der Waals surface area contributed by atoms with Gasteiger partial charge in [0.25, 0.3) is 5.91 Å². The summed E-state index contributed by atoms with van der Waals surface area (Å²) >= 11 is 4.37. The Hall–Kier alpha value is -3.32. The van der Waals surface area contributed by atoms with E-state index in [1.807, 2.05) is 47.2 Å². The summed E-state index contributed by atoms with van der Waals surface area (Å²) in [6, 6.07) is 18.0. The number of pyridine rings is 1. The van der Waals surface area contributed by atoms with Crippen molar-refractivity contribution in [3.63, 3.8) is 0 Å². The molecule has 3 heterocycles. The molecule has 1 aliphatic heterocycles. The van der Waals surface area contributed by atoms with Crippen LogP contribution in [0.1, 0.15) is 28.9 Å². The fourth-order valence-electron chi connectivity index (χ4n) is 3.89. The second-order valence-electron chi connectivity index (χ2n) is 7.36. The molecule has 0 unspecified atom stereocenters. The summed E-state index contributed by atoms with van der Waals surface area (Å²) in [5.41, 5.74) is 3.60. The summed E-state index contributed by atoms with van der Waals surface area (Å²) in [6.07, 6.45) is 8.97. The number of amides is 1. The van der Waals surface area contributed by atoms with Crippen molar-refractivity contribution in [1.82, 2.24) is 14.9 Å². The molecule has 0 radical (unpaired) electrons. The summed E-state index contributed by atoms with van der Waals surface area (Å²) in [6.45, 7) is 1.56. The third-order valence-electron chi connectivity index (χ3n) is 5.36. The van der Waals surface area contributed by atoms with E-state index in [2.05, 4.69) is 45.0 Å². The van der Waals surface area contributed by atoms with Gasteiger partial charge in [-0.25, -0.2) is 4.99 Å². The molecule has 0 saturated carbocycles. The summed E-state index contributed by atoms with van der Waals surface area (Å²) in [5.74, 6) is -0.206. The SMILES string of the molecule is O=C(NC=N/C(=C\S)[C@H]1CCCN1c1ccccc1)c1cccn1Cc1cccnc1. The van der Waals surface area contributed by atoms with Crippen molar-refractivity contribution in [2.75, 3.05) is 11.4 Å². The lowest BCUT2D eigenvalue weighted by molar-refractivity contribution is 0.0970. The van der Waals surface area contributed by atoms with Gasteiger partial charge >= 0.3 is 0 Å². The van der Waals surface area contributed by atoms with Crippen LogP contribution in [0.25, 0.3) is 0 Å². The lowest BCUT2D eigenvalue weighted by Gasteiger charge is -2.27. The number of aromatic nitrogens is 2. The van der Waals surface area contributed by atoms with Crippen molar-refractivity contribution in [2.24, 2.45) is 4.99 Å². The van der Waals surface area contributed by atoms with Crippen molar-refractivity contribution in [1.29, 1.82) is 0 Å². The number of thiol groups is 1. The maximum Gasteiger partial charge on any atom is 0.272 e. The van der Waals surface area contributed by atoms with Crippen LogP contribution in [-0.4, -0.2) is 34.4 Å². The molecule has 1 aliphatic rings. The smallest absolute Gasteiger partial charge is 0.272 e. The zero-order valence-electron chi connectivity index (χ0n) is 17.1. The highest BCUT2D eigenvalue weighted by atomic mass is 32.1. The Morgan fingerprint density at radius 1 is 1.19 bits per heavy atom. The zero-order chi connectivity index (χ0) is 21.5. The van der Waals surface area contributed by atoms with Crippen molar-refractivity contribution < 1.29 is 4.79 Å². The van der Waals surface area contributed by atoms with E-state index in [1.54, 1.807) is 23.9 Å². The lowest BCUT2D eigenvalue weighted by Crippen LogP contribution is -2.31. The van der Waals surface area contributed by atoms with Crippen LogP contribution in [0.3, 0.4) is 0 Å². The van der Waals surface area contributed by atoms with Crippen LogP contribution in [0.5, 0.6) is 0 Å². The van der Waals surface area contributed by atoms with Gasteiger partial charge in [0.2, 0.25) is 0 Å². The standard InChI is InChI=1S/C24H25N5OS/c30-24(23-11-5-13-28(23)16-19-7-4-12-25-15-19)27-18-26-21(17-31)22-10-6-14-29(22)20-8-2-1-3-9-20/h1-5,7-9,11-13,15,17-18,22,31H,6,10,14,16H2,(H,26,27,30)/b21-17-/t22-/m1/s1. The fraction of sp³-hybridized carbons (Fsp3) is 0.208. The van der Waals surface area contributed by atoms with E-state index in [0.29, 0.717) is 12.2 Å².